The molecule has 0 aromatic heterocycles. The van der Waals surface area contributed by atoms with E-state index in [2.05, 4.69) is 10.6 Å². The Morgan fingerprint density at radius 3 is 2.67 bits per heavy atom. The second-order valence-corrected chi connectivity index (χ2v) is 5.15. The summed E-state index contributed by atoms with van der Waals surface area (Å²) in [4.78, 5) is 23.5. The number of carbonyl (C=O) groups excluding carboxylic acids is 2. The van der Waals surface area contributed by atoms with Crippen LogP contribution in [0.2, 0.25) is 0 Å². The molecule has 1 unspecified atom stereocenters. The van der Waals surface area contributed by atoms with Crippen LogP contribution >= 0.6 is 0 Å². The lowest BCUT2D eigenvalue weighted by Gasteiger charge is -2.23. The van der Waals surface area contributed by atoms with Gasteiger partial charge < -0.3 is 10.6 Å². The van der Waals surface area contributed by atoms with Crippen molar-refractivity contribution < 1.29 is 14.0 Å². The van der Waals surface area contributed by atoms with Crippen LogP contribution in [0.1, 0.15) is 23.2 Å². The molecule has 1 aliphatic heterocycles. The first-order valence-corrected chi connectivity index (χ1v) is 6.90. The summed E-state index contributed by atoms with van der Waals surface area (Å²) in [7, 11) is 0. The summed E-state index contributed by atoms with van der Waals surface area (Å²) < 4.78 is 13.8. The number of carbonyl (C=O) groups is 2. The lowest BCUT2D eigenvalue weighted by Crippen LogP contribution is -2.47. The first-order chi connectivity index (χ1) is 10.1. The van der Waals surface area contributed by atoms with Crippen LogP contribution in [0.15, 0.2) is 36.4 Å². The Labute approximate surface area is 121 Å². The monoisotopic (exact) mass is 286 g/mol. The van der Waals surface area contributed by atoms with Crippen molar-refractivity contribution in [3.05, 3.63) is 47.8 Å². The van der Waals surface area contributed by atoms with Gasteiger partial charge in [-0.2, -0.15) is 0 Å². The Bertz CT molecular complexity index is 704. The third-order valence-corrected chi connectivity index (χ3v) is 3.72. The summed E-state index contributed by atoms with van der Waals surface area (Å²) in [6.07, 6.45) is 1.03. The van der Waals surface area contributed by atoms with Gasteiger partial charge in [0.1, 0.15) is 5.82 Å². The maximum atomic E-state index is 13.8. The fourth-order valence-electron chi connectivity index (χ4n) is 2.58. The molecule has 2 aromatic rings. The lowest BCUT2D eigenvalue weighted by atomic mass is 10.0. The second-order valence-electron chi connectivity index (χ2n) is 5.15. The molecular formula is C16H15FN2O2. The highest BCUT2D eigenvalue weighted by molar-refractivity contribution is 6.07. The van der Waals surface area contributed by atoms with E-state index in [1.807, 2.05) is 0 Å². The summed E-state index contributed by atoms with van der Waals surface area (Å²) in [6, 6.07) is 9.62. The van der Waals surface area contributed by atoms with Crippen molar-refractivity contribution in [2.24, 2.45) is 0 Å². The molecule has 4 nitrogen and oxygen atoms in total. The van der Waals surface area contributed by atoms with Gasteiger partial charge >= 0.3 is 0 Å². The Balaban J connectivity index is 1.85. The van der Waals surface area contributed by atoms with Gasteiger partial charge in [0.05, 0.1) is 0 Å². The molecule has 0 saturated carbocycles. The number of rotatable bonds is 2. The number of benzene rings is 2. The smallest absolute Gasteiger partial charge is 0.252 e. The lowest BCUT2D eigenvalue weighted by molar-refractivity contribution is -0.122. The van der Waals surface area contributed by atoms with E-state index in [-0.39, 0.29) is 23.7 Å². The fourth-order valence-corrected chi connectivity index (χ4v) is 2.58. The van der Waals surface area contributed by atoms with Crippen LogP contribution in [0.25, 0.3) is 10.8 Å². The quantitative estimate of drug-likeness (QED) is 0.887. The number of hydrogen-bond donors (Lipinski definition) is 2. The van der Waals surface area contributed by atoms with Gasteiger partial charge in [-0.25, -0.2) is 4.39 Å². The van der Waals surface area contributed by atoms with Crippen LogP contribution in [0, 0.1) is 5.82 Å². The molecule has 0 radical (unpaired) electrons. The highest BCUT2D eigenvalue weighted by atomic mass is 19.1. The Morgan fingerprint density at radius 1 is 1.19 bits per heavy atom. The first kappa shape index (κ1) is 13.5. The first-order valence-electron chi connectivity index (χ1n) is 6.90. The summed E-state index contributed by atoms with van der Waals surface area (Å²) >= 11 is 0. The van der Waals surface area contributed by atoms with Gasteiger partial charge in [-0.05, 0) is 23.9 Å². The molecule has 1 heterocycles. The van der Waals surface area contributed by atoms with Crippen LogP contribution < -0.4 is 10.6 Å². The minimum atomic E-state index is -0.341. The Morgan fingerprint density at radius 2 is 1.95 bits per heavy atom. The van der Waals surface area contributed by atoms with Crippen LogP contribution in [0.3, 0.4) is 0 Å². The standard InChI is InChI=1S/C16H15FN2O2/c17-14-7-6-13(11-3-1-2-4-12(11)14)16(21)19-10-5-8-15(20)18-9-10/h1-4,6-7,10H,5,8-9H2,(H,18,20)(H,19,21). The molecule has 0 aliphatic carbocycles. The molecule has 1 saturated heterocycles. The van der Waals surface area contributed by atoms with E-state index >= 15 is 0 Å². The molecule has 2 amide bonds. The van der Waals surface area contributed by atoms with Crippen LogP contribution in [-0.2, 0) is 4.79 Å². The number of amides is 2. The van der Waals surface area contributed by atoms with Crippen molar-refractivity contribution in [3.63, 3.8) is 0 Å². The van der Waals surface area contributed by atoms with Crippen molar-refractivity contribution in [2.45, 2.75) is 18.9 Å². The van der Waals surface area contributed by atoms with Crippen molar-refractivity contribution in [1.82, 2.24) is 10.6 Å². The third-order valence-electron chi connectivity index (χ3n) is 3.72. The summed E-state index contributed by atoms with van der Waals surface area (Å²) in [5, 5.41) is 6.64. The SMILES string of the molecule is O=C1CCC(NC(=O)c2ccc(F)c3ccccc23)CN1. The van der Waals surface area contributed by atoms with Gasteiger partial charge in [-0.15, -0.1) is 0 Å². The maximum Gasteiger partial charge on any atom is 0.252 e. The minimum absolute atomic E-state index is 0.00716. The number of nitrogens with one attached hydrogen (secondary N) is 2. The van der Waals surface area contributed by atoms with Crippen molar-refractivity contribution in [3.8, 4) is 0 Å². The average molecular weight is 286 g/mol. The highest BCUT2D eigenvalue weighted by Crippen LogP contribution is 2.22. The molecule has 108 valence electrons. The van der Waals surface area contributed by atoms with E-state index < -0.39 is 0 Å². The zero-order chi connectivity index (χ0) is 14.8. The van der Waals surface area contributed by atoms with E-state index in [0.717, 1.165) is 0 Å². The topological polar surface area (TPSA) is 58.2 Å². The molecule has 1 aliphatic rings. The molecule has 2 aromatic carbocycles. The van der Waals surface area contributed by atoms with E-state index in [1.54, 1.807) is 24.3 Å². The van der Waals surface area contributed by atoms with Crippen molar-refractivity contribution >= 4 is 22.6 Å². The van der Waals surface area contributed by atoms with E-state index in [9.17, 15) is 14.0 Å². The third kappa shape index (κ3) is 2.72. The Kier molecular flexibility index (Phi) is 3.56. The van der Waals surface area contributed by atoms with Crippen LogP contribution in [-0.4, -0.2) is 24.4 Å². The van der Waals surface area contributed by atoms with E-state index in [1.165, 1.54) is 12.1 Å². The number of halogens is 1. The second kappa shape index (κ2) is 5.52. The van der Waals surface area contributed by atoms with Crippen molar-refractivity contribution in [1.29, 1.82) is 0 Å². The van der Waals surface area contributed by atoms with Gasteiger partial charge in [-0.3, -0.25) is 9.59 Å². The van der Waals surface area contributed by atoms with Gasteiger partial charge in [0.15, 0.2) is 0 Å². The fraction of sp³-hybridized carbons (Fsp3) is 0.250. The molecule has 5 heteroatoms. The molecule has 0 spiro atoms. The predicted octanol–water partition coefficient (Wildman–Crippen LogP) is 1.99. The minimum Gasteiger partial charge on any atom is -0.354 e. The average Bonchev–Trinajstić information content (AvgIpc) is 2.50. The number of fused-ring (bicyclic) bond motifs is 1. The summed E-state index contributed by atoms with van der Waals surface area (Å²) in [6.45, 7) is 0.434. The molecule has 1 atom stereocenters. The van der Waals surface area contributed by atoms with Gasteiger partial charge in [0.25, 0.3) is 5.91 Å². The normalized spacial score (nSPS) is 18.3. The molecule has 2 N–H and O–H groups in total. The van der Waals surface area contributed by atoms with Gasteiger partial charge in [-0.1, -0.05) is 24.3 Å². The van der Waals surface area contributed by atoms with Crippen LogP contribution in [0.5, 0.6) is 0 Å². The molecule has 1 fully saturated rings. The Hall–Kier alpha value is -2.43. The maximum absolute atomic E-state index is 13.8. The largest absolute Gasteiger partial charge is 0.354 e. The molecule has 3 rings (SSSR count). The zero-order valence-corrected chi connectivity index (χ0v) is 11.4. The van der Waals surface area contributed by atoms with Crippen molar-refractivity contribution in [2.75, 3.05) is 6.54 Å². The molecule has 21 heavy (non-hydrogen) atoms. The van der Waals surface area contributed by atoms with Gasteiger partial charge in [0, 0.05) is 30.0 Å². The van der Waals surface area contributed by atoms with E-state index in [4.69, 9.17) is 0 Å². The van der Waals surface area contributed by atoms with Gasteiger partial charge in [0.2, 0.25) is 5.91 Å². The molecule has 0 bridgehead atoms. The molecular weight excluding hydrogens is 271 g/mol. The predicted molar refractivity (Wildman–Crippen MR) is 77.4 cm³/mol. The zero-order valence-electron chi connectivity index (χ0n) is 11.4. The summed E-state index contributed by atoms with van der Waals surface area (Å²) in [5.74, 6) is -0.577. The number of piperidine rings is 1. The van der Waals surface area contributed by atoms with E-state index in [0.29, 0.717) is 35.7 Å². The number of hydrogen-bond acceptors (Lipinski definition) is 2. The highest BCUT2D eigenvalue weighted by Gasteiger charge is 2.21. The summed E-state index contributed by atoms with van der Waals surface area (Å²) in [5.41, 5.74) is 0.448. The van der Waals surface area contributed by atoms with Crippen LogP contribution in [0.4, 0.5) is 4.39 Å².